The van der Waals surface area contributed by atoms with Gasteiger partial charge in [-0.15, -0.1) is 11.3 Å². The summed E-state index contributed by atoms with van der Waals surface area (Å²) >= 11 is 1.43. The van der Waals surface area contributed by atoms with Crippen LogP contribution in [-0.4, -0.2) is 53.4 Å². The number of hydrogen-bond acceptors (Lipinski definition) is 10. The van der Waals surface area contributed by atoms with Crippen molar-refractivity contribution < 1.29 is 13.2 Å². The van der Waals surface area contributed by atoms with E-state index in [2.05, 4.69) is 31.0 Å². The topological polar surface area (TPSA) is 133 Å². The number of nitrogens with zero attached hydrogens (tertiary/aromatic N) is 5. The summed E-state index contributed by atoms with van der Waals surface area (Å²) in [5.41, 5.74) is 5.74. The van der Waals surface area contributed by atoms with Crippen LogP contribution in [0.4, 0.5) is 5.95 Å². The minimum atomic E-state index is -3.43. The van der Waals surface area contributed by atoms with Crippen LogP contribution in [0.5, 0.6) is 11.6 Å². The number of thiazole rings is 1. The van der Waals surface area contributed by atoms with E-state index in [0.29, 0.717) is 33.7 Å². The highest BCUT2D eigenvalue weighted by atomic mass is 32.2. The lowest BCUT2D eigenvalue weighted by molar-refractivity contribution is 0.211. The number of hydrogen-bond donors (Lipinski definition) is 2. The maximum absolute atomic E-state index is 12.4. The third kappa shape index (κ3) is 6.33. The fourth-order valence-electron chi connectivity index (χ4n) is 5.08. The van der Waals surface area contributed by atoms with Crippen molar-refractivity contribution in [1.82, 2.24) is 24.6 Å². The fourth-order valence-corrected chi connectivity index (χ4v) is 7.04. The SMILES string of the molecule is Cc1cc(C#N)cc(C)c1Oc1nc(NC2CCN(Cc3ccc(S(=O)(=O)NC4CC4)cc3)CC2)nc2ncsc12. The second-order valence-electron chi connectivity index (χ2n) is 10.7. The lowest BCUT2D eigenvalue weighted by atomic mass is 10.0. The van der Waals surface area contributed by atoms with Gasteiger partial charge >= 0.3 is 0 Å². The summed E-state index contributed by atoms with van der Waals surface area (Å²) in [4.78, 5) is 16.4. The van der Waals surface area contributed by atoms with E-state index in [9.17, 15) is 13.7 Å². The molecule has 0 amide bonds. The van der Waals surface area contributed by atoms with Gasteiger partial charge in [0.2, 0.25) is 21.9 Å². The number of rotatable bonds is 9. The Balaban J connectivity index is 1.08. The summed E-state index contributed by atoms with van der Waals surface area (Å²) in [6.07, 6.45) is 3.67. The van der Waals surface area contributed by atoms with E-state index in [0.717, 1.165) is 66.7 Å². The molecule has 2 fully saturated rings. The number of anilines is 1. The van der Waals surface area contributed by atoms with Gasteiger partial charge in [0.15, 0.2) is 5.65 Å². The lowest BCUT2D eigenvalue weighted by Gasteiger charge is -2.32. The van der Waals surface area contributed by atoms with Crippen LogP contribution in [0.3, 0.4) is 0 Å². The summed E-state index contributed by atoms with van der Waals surface area (Å²) in [6.45, 7) is 6.40. The smallest absolute Gasteiger partial charge is 0.243 e. The predicted octanol–water partition coefficient (Wildman–Crippen LogP) is 4.88. The molecule has 1 aliphatic heterocycles. The van der Waals surface area contributed by atoms with Gasteiger partial charge in [-0.2, -0.15) is 15.2 Å². The van der Waals surface area contributed by atoms with Crippen LogP contribution < -0.4 is 14.8 Å². The minimum Gasteiger partial charge on any atom is -0.437 e. The molecule has 2 N–H and O–H groups in total. The first-order chi connectivity index (χ1) is 19.8. The van der Waals surface area contributed by atoms with Crippen molar-refractivity contribution in [2.45, 2.75) is 63.1 Å². The molecule has 212 valence electrons. The Morgan fingerprint density at radius 1 is 1.05 bits per heavy atom. The molecule has 41 heavy (non-hydrogen) atoms. The number of nitrogens with one attached hydrogen (secondary N) is 2. The predicted molar refractivity (Wildman–Crippen MR) is 158 cm³/mol. The zero-order valence-electron chi connectivity index (χ0n) is 22.9. The van der Waals surface area contributed by atoms with Gasteiger partial charge in [0.1, 0.15) is 10.4 Å². The van der Waals surface area contributed by atoms with Crippen LogP contribution in [0.1, 0.15) is 47.9 Å². The molecule has 10 nitrogen and oxygen atoms in total. The monoisotopic (exact) mass is 589 g/mol. The molecular formula is C29H31N7O3S2. The van der Waals surface area contributed by atoms with E-state index < -0.39 is 10.0 Å². The zero-order chi connectivity index (χ0) is 28.6. The van der Waals surface area contributed by atoms with Crippen LogP contribution in [0.15, 0.2) is 46.8 Å². The molecule has 12 heteroatoms. The maximum atomic E-state index is 12.4. The van der Waals surface area contributed by atoms with E-state index in [1.807, 2.05) is 38.1 Å². The molecule has 0 bridgehead atoms. The largest absolute Gasteiger partial charge is 0.437 e. The Kier molecular flexibility index (Phi) is 7.61. The Morgan fingerprint density at radius 2 is 1.76 bits per heavy atom. The molecule has 2 aliphatic rings. The molecular weight excluding hydrogens is 558 g/mol. The number of aryl methyl sites for hydroxylation is 2. The number of benzene rings is 2. The summed E-state index contributed by atoms with van der Waals surface area (Å²) in [5, 5.41) is 12.8. The van der Waals surface area contributed by atoms with Gasteiger partial charge in [-0.3, -0.25) is 4.90 Å². The van der Waals surface area contributed by atoms with Crippen LogP contribution in [-0.2, 0) is 16.6 Å². The second-order valence-corrected chi connectivity index (χ2v) is 13.3. The minimum absolute atomic E-state index is 0.0958. The summed E-state index contributed by atoms with van der Waals surface area (Å²) in [6, 6.07) is 13.3. The molecule has 1 aliphatic carbocycles. The Labute approximate surface area is 243 Å². The van der Waals surface area contributed by atoms with Gasteiger partial charge in [-0.05, 0) is 80.5 Å². The third-order valence-corrected chi connectivity index (χ3v) is 9.75. The Morgan fingerprint density at radius 3 is 2.41 bits per heavy atom. The first kappa shape index (κ1) is 27.5. The normalized spacial score (nSPS) is 16.5. The molecule has 2 aromatic heterocycles. The van der Waals surface area contributed by atoms with Gasteiger partial charge in [0.05, 0.1) is 22.0 Å². The van der Waals surface area contributed by atoms with E-state index in [1.165, 1.54) is 11.3 Å². The van der Waals surface area contributed by atoms with Crippen molar-refractivity contribution in [1.29, 1.82) is 5.26 Å². The Bertz CT molecular complexity index is 1700. The molecule has 0 spiro atoms. The summed E-state index contributed by atoms with van der Waals surface area (Å²) in [5.74, 6) is 1.62. The van der Waals surface area contributed by atoms with Gasteiger partial charge < -0.3 is 10.1 Å². The second kappa shape index (κ2) is 11.3. The number of sulfonamides is 1. The van der Waals surface area contributed by atoms with E-state index in [4.69, 9.17) is 9.72 Å². The molecule has 0 unspecified atom stereocenters. The number of fused-ring (bicyclic) bond motifs is 1. The molecule has 1 saturated heterocycles. The van der Waals surface area contributed by atoms with Crippen LogP contribution in [0.2, 0.25) is 0 Å². The number of likely N-dealkylation sites (tertiary alicyclic amines) is 1. The molecule has 0 radical (unpaired) electrons. The number of ether oxygens (including phenoxy) is 1. The van der Waals surface area contributed by atoms with Gasteiger partial charge in [0.25, 0.3) is 0 Å². The van der Waals surface area contributed by atoms with Gasteiger partial charge in [0, 0.05) is 31.7 Å². The highest BCUT2D eigenvalue weighted by molar-refractivity contribution is 7.89. The average molecular weight is 590 g/mol. The summed E-state index contributed by atoms with van der Waals surface area (Å²) < 4.78 is 34.7. The standard InChI is InChI=1S/C29H31N7O3S2/c1-18-13-21(15-30)14-19(2)25(18)39-28-26-27(31-17-40-26)33-29(34-28)32-22-9-11-36(12-10-22)16-20-3-7-24(8-4-20)41(37,38)35-23-5-6-23/h3-4,7-8,13-14,17,22-23,35H,5-6,9-12,16H2,1-2H3,(H,32,33,34). The lowest BCUT2D eigenvalue weighted by Crippen LogP contribution is -2.39. The fraction of sp³-hybridized carbons (Fsp3) is 0.379. The number of nitriles is 1. The Hall–Kier alpha value is -3.63. The van der Waals surface area contributed by atoms with Crippen molar-refractivity contribution in [3.8, 4) is 17.7 Å². The van der Waals surface area contributed by atoms with Crippen molar-refractivity contribution in [3.63, 3.8) is 0 Å². The van der Waals surface area contributed by atoms with E-state index in [-0.39, 0.29) is 12.1 Å². The molecule has 3 heterocycles. The average Bonchev–Trinajstić information content (AvgIpc) is 3.63. The molecule has 6 rings (SSSR count). The molecule has 0 atom stereocenters. The van der Waals surface area contributed by atoms with E-state index >= 15 is 0 Å². The van der Waals surface area contributed by atoms with Crippen molar-refractivity contribution >= 4 is 37.7 Å². The first-order valence-corrected chi connectivity index (χ1v) is 16.0. The van der Waals surface area contributed by atoms with Crippen LogP contribution >= 0.6 is 11.3 Å². The molecule has 1 saturated carbocycles. The van der Waals surface area contributed by atoms with Crippen molar-refractivity contribution in [2.75, 3.05) is 18.4 Å². The van der Waals surface area contributed by atoms with Crippen molar-refractivity contribution in [2.24, 2.45) is 0 Å². The summed E-state index contributed by atoms with van der Waals surface area (Å²) in [7, 11) is -3.43. The molecule has 4 aromatic rings. The van der Waals surface area contributed by atoms with Crippen LogP contribution in [0, 0.1) is 25.2 Å². The maximum Gasteiger partial charge on any atom is 0.243 e. The molecule has 2 aromatic carbocycles. The third-order valence-electron chi connectivity index (χ3n) is 7.41. The highest BCUT2D eigenvalue weighted by Crippen LogP contribution is 2.35. The first-order valence-electron chi connectivity index (χ1n) is 13.7. The number of aromatic nitrogens is 3. The quantitative estimate of drug-likeness (QED) is 0.280. The zero-order valence-corrected chi connectivity index (χ0v) is 24.6. The van der Waals surface area contributed by atoms with Gasteiger partial charge in [-0.25, -0.2) is 18.1 Å². The highest BCUT2D eigenvalue weighted by Gasteiger charge is 2.28. The van der Waals surface area contributed by atoms with Crippen molar-refractivity contribution in [3.05, 3.63) is 64.2 Å². The number of piperidine rings is 1. The van der Waals surface area contributed by atoms with Crippen LogP contribution in [0.25, 0.3) is 10.3 Å². The van der Waals surface area contributed by atoms with E-state index in [1.54, 1.807) is 17.6 Å². The van der Waals surface area contributed by atoms with Gasteiger partial charge in [-0.1, -0.05) is 12.1 Å².